The molecule has 0 spiro atoms. The zero-order valence-corrected chi connectivity index (χ0v) is 13.8. The Bertz CT molecular complexity index is 872. The maximum atomic E-state index is 12.2. The lowest BCUT2D eigenvalue weighted by molar-refractivity contribution is 0.0936. The lowest BCUT2D eigenvalue weighted by atomic mass is 10.2. The van der Waals surface area contributed by atoms with Gasteiger partial charge in [-0.25, -0.2) is 0 Å². The average Bonchev–Trinajstić information content (AvgIpc) is 3.25. The monoisotopic (exact) mass is 342 g/mol. The molecule has 7 nitrogen and oxygen atoms in total. The van der Waals surface area contributed by atoms with Crippen LogP contribution in [-0.2, 0) is 0 Å². The number of amides is 1. The van der Waals surface area contributed by atoms with Gasteiger partial charge in [-0.05, 0) is 38.1 Å². The topological polar surface area (TPSA) is 98.0 Å². The number of rotatable bonds is 5. The molecule has 122 valence electrons. The quantitative estimate of drug-likeness (QED) is 0.716. The summed E-state index contributed by atoms with van der Waals surface area (Å²) in [6.07, 6.45) is 3.29. The van der Waals surface area contributed by atoms with Crippen LogP contribution >= 0.6 is 11.3 Å². The molecule has 0 aliphatic carbocycles. The number of hydrogen-bond acceptors (Lipinski definition) is 7. The van der Waals surface area contributed by atoms with Crippen molar-refractivity contribution in [1.82, 2.24) is 20.4 Å². The molecule has 3 aromatic heterocycles. The van der Waals surface area contributed by atoms with E-state index < -0.39 is 6.04 Å². The van der Waals surface area contributed by atoms with Gasteiger partial charge in [0.05, 0.1) is 9.75 Å². The van der Waals surface area contributed by atoms with Gasteiger partial charge in [0, 0.05) is 18.0 Å². The molecule has 3 heterocycles. The van der Waals surface area contributed by atoms with Crippen LogP contribution in [-0.4, -0.2) is 26.8 Å². The van der Waals surface area contributed by atoms with Crippen molar-refractivity contribution in [2.24, 2.45) is 0 Å². The lowest BCUT2D eigenvalue weighted by Crippen LogP contribution is -2.26. The van der Waals surface area contributed by atoms with E-state index in [9.17, 15) is 9.59 Å². The summed E-state index contributed by atoms with van der Waals surface area (Å²) in [7, 11) is 0. The van der Waals surface area contributed by atoms with E-state index in [1.54, 1.807) is 37.5 Å². The molecule has 0 aliphatic rings. The van der Waals surface area contributed by atoms with E-state index in [0.29, 0.717) is 21.5 Å². The molecule has 0 saturated carbocycles. The number of nitrogens with zero attached hydrogens (tertiary/aromatic N) is 3. The molecular formula is C16H14N4O3S. The van der Waals surface area contributed by atoms with Crippen LogP contribution in [0.15, 0.2) is 41.2 Å². The summed E-state index contributed by atoms with van der Waals surface area (Å²) in [6, 6.07) is 6.40. The molecule has 0 fully saturated rings. The minimum absolute atomic E-state index is 0.0647. The summed E-state index contributed by atoms with van der Waals surface area (Å²) in [5.41, 5.74) is 0.732. The van der Waals surface area contributed by atoms with E-state index in [0.717, 1.165) is 16.9 Å². The largest absolute Gasteiger partial charge is 0.340 e. The summed E-state index contributed by atoms with van der Waals surface area (Å²) in [4.78, 5) is 32.8. The fourth-order valence-corrected chi connectivity index (χ4v) is 2.81. The Morgan fingerprint density at radius 3 is 2.71 bits per heavy atom. The molecule has 1 atom stereocenters. The minimum atomic E-state index is -0.460. The first kappa shape index (κ1) is 16.0. The lowest BCUT2D eigenvalue weighted by Gasteiger charge is -2.08. The van der Waals surface area contributed by atoms with Gasteiger partial charge in [-0.1, -0.05) is 5.16 Å². The van der Waals surface area contributed by atoms with E-state index >= 15 is 0 Å². The molecule has 1 N–H and O–H groups in total. The normalized spacial score (nSPS) is 11.9. The summed E-state index contributed by atoms with van der Waals surface area (Å²) in [5.74, 6) is 0.353. The van der Waals surface area contributed by atoms with Crippen LogP contribution in [0.2, 0.25) is 0 Å². The second-order valence-electron chi connectivity index (χ2n) is 5.11. The van der Waals surface area contributed by atoms with Crippen molar-refractivity contribution < 1.29 is 14.1 Å². The number of pyridine rings is 1. The summed E-state index contributed by atoms with van der Waals surface area (Å²) >= 11 is 1.15. The number of ketones is 1. The Kier molecular flexibility index (Phi) is 4.48. The maximum absolute atomic E-state index is 12.2. The number of nitrogens with one attached hydrogen (secondary N) is 1. The molecule has 0 saturated heterocycles. The molecule has 3 rings (SSSR count). The molecule has 0 aromatic carbocycles. The fraction of sp³-hybridized carbons (Fsp3) is 0.188. The van der Waals surface area contributed by atoms with Gasteiger partial charge in [0.1, 0.15) is 6.04 Å². The Hall–Kier alpha value is -2.87. The third-order valence-electron chi connectivity index (χ3n) is 3.26. The van der Waals surface area contributed by atoms with Gasteiger partial charge in [-0.15, -0.1) is 11.3 Å². The third-order valence-corrected chi connectivity index (χ3v) is 4.44. The van der Waals surface area contributed by atoms with Crippen molar-refractivity contribution in [1.29, 1.82) is 0 Å². The molecule has 0 unspecified atom stereocenters. The number of carbonyl (C=O) groups is 2. The van der Waals surface area contributed by atoms with E-state index in [2.05, 4.69) is 20.4 Å². The number of aromatic nitrogens is 3. The van der Waals surface area contributed by atoms with E-state index in [1.807, 2.05) is 6.07 Å². The van der Waals surface area contributed by atoms with Gasteiger partial charge in [-0.3, -0.25) is 14.6 Å². The molecule has 0 bridgehead atoms. The van der Waals surface area contributed by atoms with Crippen LogP contribution in [0.5, 0.6) is 0 Å². The van der Waals surface area contributed by atoms with E-state index in [4.69, 9.17) is 4.52 Å². The number of thiophene rings is 1. The Morgan fingerprint density at radius 2 is 2.04 bits per heavy atom. The SMILES string of the molecule is CC(=O)c1ccc(C(=O)N[C@@H](C)c2nc(-c3cccnc3)no2)s1. The molecule has 3 aromatic rings. The Labute approximate surface area is 141 Å². The highest BCUT2D eigenvalue weighted by Crippen LogP contribution is 2.20. The standard InChI is InChI=1S/C16H14N4O3S/c1-9(18-15(22)13-6-5-12(24-13)10(2)21)16-19-14(20-23-16)11-4-3-7-17-8-11/h3-9H,1-2H3,(H,18,22)/t9-/m0/s1. The van der Waals surface area contributed by atoms with Gasteiger partial charge in [0.2, 0.25) is 11.7 Å². The van der Waals surface area contributed by atoms with Crippen LogP contribution in [0.1, 0.15) is 45.1 Å². The van der Waals surface area contributed by atoms with Gasteiger partial charge in [0.15, 0.2) is 5.78 Å². The zero-order chi connectivity index (χ0) is 17.1. The molecular weight excluding hydrogens is 328 g/mol. The first-order valence-corrected chi connectivity index (χ1v) is 8.02. The number of Topliss-reactive ketones (excluding diaryl/α,β-unsaturated/α-hetero) is 1. The maximum Gasteiger partial charge on any atom is 0.262 e. The van der Waals surface area contributed by atoms with Crippen molar-refractivity contribution >= 4 is 23.0 Å². The smallest absolute Gasteiger partial charge is 0.262 e. The third kappa shape index (κ3) is 3.38. The predicted octanol–water partition coefficient (Wildman–Crippen LogP) is 2.89. The molecule has 24 heavy (non-hydrogen) atoms. The van der Waals surface area contributed by atoms with Crippen LogP contribution in [0, 0.1) is 0 Å². The van der Waals surface area contributed by atoms with Crippen molar-refractivity contribution in [3.8, 4) is 11.4 Å². The molecule has 1 amide bonds. The van der Waals surface area contributed by atoms with Gasteiger partial charge >= 0.3 is 0 Å². The second-order valence-corrected chi connectivity index (χ2v) is 6.20. The zero-order valence-electron chi connectivity index (χ0n) is 13.0. The van der Waals surface area contributed by atoms with E-state index in [1.165, 1.54) is 6.92 Å². The van der Waals surface area contributed by atoms with Crippen molar-refractivity contribution in [2.75, 3.05) is 0 Å². The van der Waals surface area contributed by atoms with Crippen LogP contribution < -0.4 is 5.32 Å². The van der Waals surface area contributed by atoms with Crippen molar-refractivity contribution in [2.45, 2.75) is 19.9 Å². The second kappa shape index (κ2) is 6.71. The first-order chi connectivity index (χ1) is 11.5. The highest BCUT2D eigenvalue weighted by atomic mass is 32.1. The number of hydrogen-bond donors (Lipinski definition) is 1. The highest BCUT2D eigenvalue weighted by Gasteiger charge is 2.19. The summed E-state index contributed by atoms with van der Waals surface area (Å²) < 4.78 is 5.21. The van der Waals surface area contributed by atoms with Crippen LogP contribution in [0.25, 0.3) is 11.4 Å². The van der Waals surface area contributed by atoms with Crippen molar-refractivity contribution in [3.63, 3.8) is 0 Å². The van der Waals surface area contributed by atoms with Crippen LogP contribution in [0.4, 0.5) is 0 Å². The average molecular weight is 342 g/mol. The van der Waals surface area contributed by atoms with E-state index in [-0.39, 0.29) is 11.7 Å². The van der Waals surface area contributed by atoms with Gasteiger partial charge in [0.25, 0.3) is 5.91 Å². The summed E-state index contributed by atoms with van der Waals surface area (Å²) in [6.45, 7) is 3.21. The Balaban J connectivity index is 1.70. The minimum Gasteiger partial charge on any atom is -0.340 e. The predicted molar refractivity (Wildman–Crippen MR) is 87.7 cm³/mol. The summed E-state index contributed by atoms with van der Waals surface area (Å²) in [5, 5.41) is 6.67. The number of carbonyl (C=O) groups excluding carboxylic acids is 2. The van der Waals surface area contributed by atoms with Crippen LogP contribution in [0.3, 0.4) is 0 Å². The van der Waals surface area contributed by atoms with Gasteiger partial charge in [-0.2, -0.15) is 4.98 Å². The first-order valence-electron chi connectivity index (χ1n) is 7.20. The fourth-order valence-electron chi connectivity index (χ4n) is 2.00. The molecule has 0 radical (unpaired) electrons. The Morgan fingerprint density at radius 1 is 1.25 bits per heavy atom. The highest BCUT2D eigenvalue weighted by molar-refractivity contribution is 7.15. The van der Waals surface area contributed by atoms with Crippen molar-refractivity contribution in [3.05, 3.63) is 52.3 Å². The van der Waals surface area contributed by atoms with Gasteiger partial charge < -0.3 is 9.84 Å². The molecule has 8 heteroatoms. The molecule has 0 aliphatic heterocycles.